The number of aliphatic hydroxyl groups excluding tert-OH is 1. The van der Waals surface area contributed by atoms with Crippen LogP contribution < -0.4 is 5.32 Å². The third kappa shape index (κ3) is 5.64. The predicted octanol–water partition coefficient (Wildman–Crippen LogP) is 2.24. The lowest BCUT2D eigenvalue weighted by Crippen LogP contribution is -2.23. The Labute approximate surface area is 111 Å². The quantitative estimate of drug-likeness (QED) is 0.759. The summed E-state index contributed by atoms with van der Waals surface area (Å²) < 4.78 is 6.00. The van der Waals surface area contributed by atoms with Crippen LogP contribution in [0, 0.1) is 6.92 Å². The summed E-state index contributed by atoms with van der Waals surface area (Å²) in [6.45, 7) is 4.08. The van der Waals surface area contributed by atoms with Crippen LogP contribution in [-0.4, -0.2) is 31.5 Å². The van der Waals surface area contributed by atoms with Gasteiger partial charge in [-0.3, -0.25) is 0 Å². The monoisotopic (exact) mass is 301 g/mol. The second-order valence-corrected chi connectivity index (χ2v) is 5.01. The zero-order valence-corrected chi connectivity index (χ0v) is 12.0. The van der Waals surface area contributed by atoms with E-state index in [1.807, 2.05) is 0 Å². The maximum atomic E-state index is 9.45. The van der Waals surface area contributed by atoms with E-state index < -0.39 is 0 Å². The van der Waals surface area contributed by atoms with Gasteiger partial charge in [0.05, 0.1) is 12.7 Å². The summed E-state index contributed by atoms with van der Waals surface area (Å²) in [4.78, 5) is 0. The van der Waals surface area contributed by atoms with Crippen molar-refractivity contribution in [2.24, 2.45) is 0 Å². The third-order valence-corrected chi connectivity index (χ3v) is 3.43. The molecule has 1 aromatic carbocycles. The molecule has 1 unspecified atom stereocenters. The molecule has 0 fully saturated rings. The molecular formula is C13H20BrNO2. The van der Waals surface area contributed by atoms with Crippen LogP contribution in [0.4, 0.5) is 0 Å². The Balaban J connectivity index is 2.24. The van der Waals surface area contributed by atoms with Crippen molar-refractivity contribution in [2.45, 2.75) is 26.0 Å². The average molecular weight is 302 g/mol. The van der Waals surface area contributed by atoms with E-state index in [1.54, 1.807) is 7.11 Å². The molecule has 0 aliphatic carbocycles. The minimum atomic E-state index is -0.378. The van der Waals surface area contributed by atoms with E-state index in [2.05, 4.69) is 46.4 Å². The molecule has 0 saturated carbocycles. The Morgan fingerprint density at radius 3 is 2.88 bits per heavy atom. The minimum absolute atomic E-state index is 0.378. The molecule has 0 saturated heterocycles. The molecule has 96 valence electrons. The number of halogens is 1. The van der Waals surface area contributed by atoms with Crippen molar-refractivity contribution in [3.63, 3.8) is 0 Å². The lowest BCUT2D eigenvalue weighted by atomic mass is 10.1. The Morgan fingerprint density at radius 2 is 2.24 bits per heavy atom. The van der Waals surface area contributed by atoms with Crippen LogP contribution in [0.5, 0.6) is 0 Å². The highest BCUT2D eigenvalue weighted by atomic mass is 79.9. The van der Waals surface area contributed by atoms with Crippen molar-refractivity contribution in [3.05, 3.63) is 33.8 Å². The first-order valence-corrected chi connectivity index (χ1v) is 6.55. The van der Waals surface area contributed by atoms with E-state index in [1.165, 1.54) is 11.1 Å². The largest absolute Gasteiger partial charge is 0.391 e. The topological polar surface area (TPSA) is 41.5 Å². The molecule has 1 rings (SSSR count). The van der Waals surface area contributed by atoms with E-state index in [0.29, 0.717) is 13.0 Å². The van der Waals surface area contributed by atoms with Gasteiger partial charge in [0.2, 0.25) is 0 Å². The molecule has 1 atom stereocenters. The van der Waals surface area contributed by atoms with Crippen molar-refractivity contribution in [3.8, 4) is 0 Å². The summed E-state index contributed by atoms with van der Waals surface area (Å²) in [5.74, 6) is 0. The number of nitrogens with one attached hydrogen (secondary N) is 1. The molecule has 4 heteroatoms. The van der Waals surface area contributed by atoms with Crippen molar-refractivity contribution in [1.82, 2.24) is 5.32 Å². The van der Waals surface area contributed by atoms with Crippen LogP contribution in [0.25, 0.3) is 0 Å². The molecule has 0 bridgehead atoms. The van der Waals surface area contributed by atoms with Crippen molar-refractivity contribution in [1.29, 1.82) is 0 Å². The van der Waals surface area contributed by atoms with E-state index in [-0.39, 0.29) is 6.10 Å². The molecular weight excluding hydrogens is 282 g/mol. The summed E-state index contributed by atoms with van der Waals surface area (Å²) in [6, 6.07) is 6.33. The first kappa shape index (κ1) is 14.6. The fourth-order valence-electron chi connectivity index (χ4n) is 1.52. The van der Waals surface area contributed by atoms with Gasteiger partial charge in [0.1, 0.15) is 0 Å². The number of rotatable bonds is 7. The fourth-order valence-corrected chi connectivity index (χ4v) is 1.95. The van der Waals surface area contributed by atoms with Gasteiger partial charge in [0.15, 0.2) is 0 Å². The first-order chi connectivity index (χ1) is 8.13. The van der Waals surface area contributed by atoms with Gasteiger partial charge in [-0.15, -0.1) is 0 Å². The Kier molecular flexibility index (Phi) is 6.73. The van der Waals surface area contributed by atoms with Gasteiger partial charge in [0, 0.05) is 18.1 Å². The fraction of sp³-hybridized carbons (Fsp3) is 0.538. The van der Waals surface area contributed by atoms with Crippen molar-refractivity contribution < 1.29 is 9.84 Å². The molecule has 0 amide bonds. The lowest BCUT2D eigenvalue weighted by Gasteiger charge is -2.10. The van der Waals surface area contributed by atoms with E-state index >= 15 is 0 Å². The van der Waals surface area contributed by atoms with Gasteiger partial charge >= 0.3 is 0 Å². The van der Waals surface area contributed by atoms with E-state index in [0.717, 1.165) is 17.6 Å². The van der Waals surface area contributed by atoms with Crippen LogP contribution in [0.2, 0.25) is 0 Å². The van der Waals surface area contributed by atoms with Gasteiger partial charge in [-0.25, -0.2) is 0 Å². The number of ether oxygens (including phenoxy) is 1. The van der Waals surface area contributed by atoms with Crippen molar-refractivity contribution >= 4 is 15.9 Å². The summed E-state index contributed by atoms with van der Waals surface area (Å²) in [6.07, 6.45) is 0.332. The van der Waals surface area contributed by atoms with E-state index in [9.17, 15) is 5.11 Å². The maximum Gasteiger partial charge on any atom is 0.0785 e. The third-order valence-electron chi connectivity index (χ3n) is 2.58. The second-order valence-electron chi connectivity index (χ2n) is 4.16. The number of benzene rings is 1. The highest BCUT2D eigenvalue weighted by molar-refractivity contribution is 9.10. The van der Waals surface area contributed by atoms with Crippen LogP contribution in [-0.2, 0) is 11.3 Å². The number of hydrogen-bond donors (Lipinski definition) is 2. The Hall–Kier alpha value is -0.420. The van der Waals surface area contributed by atoms with Gasteiger partial charge in [-0.1, -0.05) is 28.1 Å². The van der Waals surface area contributed by atoms with Gasteiger partial charge in [0.25, 0.3) is 0 Å². The van der Waals surface area contributed by atoms with Gasteiger partial charge in [-0.05, 0) is 37.1 Å². The van der Waals surface area contributed by atoms with Crippen LogP contribution in [0.3, 0.4) is 0 Å². The van der Waals surface area contributed by atoms with Crippen LogP contribution >= 0.6 is 15.9 Å². The number of methoxy groups -OCH3 is 1. The average Bonchev–Trinajstić information content (AvgIpc) is 2.29. The molecule has 0 aliphatic heterocycles. The Bertz CT molecular complexity index is 344. The summed E-state index contributed by atoms with van der Waals surface area (Å²) in [7, 11) is 1.60. The molecule has 1 aromatic rings. The zero-order chi connectivity index (χ0) is 12.7. The number of hydrogen-bond acceptors (Lipinski definition) is 3. The smallest absolute Gasteiger partial charge is 0.0785 e. The first-order valence-electron chi connectivity index (χ1n) is 5.76. The summed E-state index contributed by atoms with van der Waals surface area (Å²) in [5.41, 5.74) is 2.48. The summed E-state index contributed by atoms with van der Waals surface area (Å²) in [5, 5.41) is 12.8. The molecule has 17 heavy (non-hydrogen) atoms. The molecule has 0 spiro atoms. The van der Waals surface area contributed by atoms with Crippen LogP contribution in [0.1, 0.15) is 17.5 Å². The second kappa shape index (κ2) is 7.82. The standard InChI is InChI=1S/C13H20BrNO2/c1-10-3-4-11(7-13(10)14)8-15-6-5-12(16)9-17-2/h3-4,7,12,15-16H,5-6,8-9H2,1-2H3. The number of aryl methyl sites for hydroxylation is 1. The van der Waals surface area contributed by atoms with Gasteiger partial charge in [-0.2, -0.15) is 0 Å². The predicted molar refractivity (Wildman–Crippen MR) is 73.1 cm³/mol. The molecule has 0 aromatic heterocycles. The number of aliphatic hydroxyl groups is 1. The molecule has 0 heterocycles. The van der Waals surface area contributed by atoms with E-state index in [4.69, 9.17) is 4.74 Å². The molecule has 2 N–H and O–H groups in total. The molecule has 3 nitrogen and oxygen atoms in total. The van der Waals surface area contributed by atoms with Crippen molar-refractivity contribution in [2.75, 3.05) is 20.3 Å². The maximum absolute atomic E-state index is 9.45. The summed E-state index contributed by atoms with van der Waals surface area (Å²) >= 11 is 3.51. The molecule has 0 radical (unpaired) electrons. The van der Waals surface area contributed by atoms with Gasteiger partial charge < -0.3 is 15.2 Å². The SMILES string of the molecule is COCC(O)CCNCc1ccc(C)c(Br)c1. The zero-order valence-electron chi connectivity index (χ0n) is 10.4. The normalized spacial score (nSPS) is 12.7. The Morgan fingerprint density at radius 1 is 1.47 bits per heavy atom. The minimum Gasteiger partial charge on any atom is -0.391 e. The highest BCUT2D eigenvalue weighted by Gasteiger charge is 2.02. The lowest BCUT2D eigenvalue weighted by molar-refractivity contribution is 0.0594. The molecule has 0 aliphatic rings. The van der Waals surface area contributed by atoms with Crippen LogP contribution in [0.15, 0.2) is 22.7 Å². The highest BCUT2D eigenvalue weighted by Crippen LogP contribution is 2.17.